The fraction of sp³-hybridized carbons (Fsp3) is 1.00. The van der Waals surface area contributed by atoms with Crippen molar-refractivity contribution in [3.05, 3.63) is 0 Å². The van der Waals surface area contributed by atoms with Crippen molar-refractivity contribution in [2.75, 3.05) is 6.61 Å². The molecule has 2 fully saturated rings. The summed E-state index contributed by atoms with van der Waals surface area (Å²) in [5.41, 5.74) is 0. The van der Waals surface area contributed by atoms with Crippen LogP contribution in [0.25, 0.3) is 0 Å². The molecule has 1 aliphatic carbocycles. The van der Waals surface area contributed by atoms with E-state index in [1.54, 1.807) is 0 Å². The van der Waals surface area contributed by atoms with E-state index in [-0.39, 0.29) is 0 Å². The normalized spacial score (nSPS) is 59.0. The predicted octanol–water partition coefficient (Wildman–Crippen LogP) is 2.56. The lowest BCUT2D eigenvalue weighted by Gasteiger charge is -2.20. The lowest BCUT2D eigenvalue weighted by Crippen LogP contribution is -2.20. The van der Waals surface area contributed by atoms with E-state index in [0.29, 0.717) is 6.10 Å². The van der Waals surface area contributed by atoms with Crippen LogP contribution in [-0.4, -0.2) is 12.7 Å². The van der Waals surface area contributed by atoms with Gasteiger partial charge in [-0.3, -0.25) is 0 Å². The minimum absolute atomic E-state index is 0.511. The molecule has 1 aliphatic heterocycles. The van der Waals surface area contributed by atoms with E-state index in [1.807, 2.05) is 0 Å². The van der Waals surface area contributed by atoms with Crippen LogP contribution < -0.4 is 0 Å². The van der Waals surface area contributed by atoms with Gasteiger partial charge in [0.2, 0.25) is 0 Å². The third-order valence-corrected chi connectivity index (χ3v) is 4.53. The van der Waals surface area contributed by atoms with Crippen LogP contribution in [0.3, 0.4) is 0 Å². The molecule has 0 spiro atoms. The standard InChI is InChI=1S/C11H20O/c1-6-7(2)10-5-12-9(4)11(10)8(6)3/h6-11H,5H2,1-4H3. The summed E-state index contributed by atoms with van der Waals surface area (Å²) in [5.74, 6) is 4.32. The zero-order valence-corrected chi connectivity index (χ0v) is 8.58. The first-order valence-electron chi connectivity index (χ1n) is 5.24. The van der Waals surface area contributed by atoms with Crippen molar-refractivity contribution < 1.29 is 4.74 Å². The quantitative estimate of drug-likeness (QED) is 0.540. The highest BCUT2D eigenvalue weighted by molar-refractivity contribution is 4.97. The summed E-state index contributed by atoms with van der Waals surface area (Å²) in [5, 5.41) is 0. The van der Waals surface area contributed by atoms with Gasteiger partial charge in [0.25, 0.3) is 0 Å². The van der Waals surface area contributed by atoms with Gasteiger partial charge < -0.3 is 4.74 Å². The summed E-state index contributed by atoms with van der Waals surface area (Å²) < 4.78 is 5.71. The molecule has 1 heterocycles. The zero-order valence-electron chi connectivity index (χ0n) is 8.58. The largest absolute Gasteiger partial charge is 0.378 e. The second-order valence-electron chi connectivity index (χ2n) is 4.86. The average Bonchev–Trinajstić information content (AvgIpc) is 2.51. The molecule has 1 nitrogen and oxygen atoms in total. The number of hydrogen-bond donors (Lipinski definition) is 0. The van der Waals surface area contributed by atoms with Crippen molar-refractivity contribution in [3.63, 3.8) is 0 Å². The van der Waals surface area contributed by atoms with Crippen LogP contribution in [-0.2, 0) is 4.74 Å². The third-order valence-electron chi connectivity index (χ3n) is 4.53. The van der Waals surface area contributed by atoms with E-state index < -0.39 is 0 Å². The Morgan fingerprint density at radius 1 is 0.917 bits per heavy atom. The molecule has 0 radical (unpaired) electrons. The second-order valence-corrected chi connectivity index (χ2v) is 4.86. The number of hydrogen-bond acceptors (Lipinski definition) is 1. The maximum Gasteiger partial charge on any atom is 0.0581 e. The van der Waals surface area contributed by atoms with Gasteiger partial charge in [0.05, 0.1) is 12.7 Å². The van der Waals surface area contributed by atoms with Crippen LogP contribution >= 0.6 is 0 Å². The Labute approximate surface area is 75.5 Å². The second kappa shape index (κ2) is 2.73. The van der Waals surface area contributed by atoms with Crippen LogP contribution in [0.15, 0.2) is 0 Å². The van der Waals surface area contributed by atoms with Gasteiger partial charge in [-0.1, -0.05) is 20.8 Å². The molecule has 2 aliphatic rings. The Kier molecular flexibility index (Phi) is 1.95. The first-order valence-corrected chi connectivity index (χ1v) is 5.24. The van der Waals surface area contributed by atoms with E-state index in [0.717, 1.165) is 36.2 Å². The summed E-state index contributed by atoms with van der Waals surface area (Å²) in [4.78, 5) is 0. The van der Waals surface area contributed by atoms with Crippen molar-refractivity contribution in [3.8, 4) is 0 Å². The van der Waals surface area contributed by atoms with Gasteiger partial charge in [0.1, 0.15) is 0 Å². The summed E-state index contributed by atoms with van der Waals surface area (Å²) in [7, 11) is 0. The molecule has 1 heteroatoms. The van der Waals surface area contributed by atoms with Crippen LogP contribution in [0.5, 0.6) is 0 Å². The Morgan fingerprint density at radius 2 is 1.58 bits per heavy atom. The highest BCUT2D eigenvalue weighted by Crippen LogP contribution is 2.50. The molecule has 0 aromatic rings. The molecule has 70 valence electrons. The van der Waals surface area contributed by atoms with Crippen LogP contribution in [0, 0.1) is 29.6 Å². The Morgan fingerprint density at radius 3 is 2.17 bits per heavy atom. The molecule has 0 amide bonds. The molecule has 0 N–H and O–H groups in total. The van der Waals surface area contributed by atoms with E-state index in [2.05, 4.69) is 27.7 Å². The Hall–Kier alpha value is -0.0400. The average molecular weight is 168 g/mol. The number of ether oxygens (including phenoxy) is 1. The van der Waals surface area contributed by atoms with E-state index >= 15 is 0 Å². The SMILES string of the molecule is CC1OCC2C(C)C(C)C(C)C12. The highest BCUT2D eigenvalue weighted by atomic mass is 16.5. The monoisotopic (exact) mass is 168 g/mol. The predicted molar refractivity (Wildman–Crippen MR) is 49.9 cm³/mol. The van der Waals surface area contributed by atoms with E-state index in [9.17, 15) is 0 Å². The highest BCUT2D eigenvalue weighted by Gasteiger charge is 2.49. The molecule has 1 saturated carbocycles. The summed E-state index contributed by atoms with van der Waals surface area (Å²) in [6, 6.07) is 0. The van der Waals surface area contributed by atoms with E-state index in [1.165, 1.54) is 0 Å². The molecule has 6 unspecified atom stereocenters. The fourth-order valence-electron chi connectivity index (χ4n) is 3.37. The number of fused-ring (bicyclic) bond motifs is 1. The molecule has 0 aromatic heterocycles. The molecule has 1 saturated heterocycles. The number of rotatable bonds is 0. The molecular formula is C11H20O. The van der Waals surface area contributed by atoms with Crippen molar-refractivity contribution in [2.24, 2.45) is 29.6 Å². The van der Waals surface area contributed by atoms with Crippen molar-refractivity contribution in [1.29, 1.82) is 0 Å². The van der Waals surface area contributed by atoms with Gasteiger partial charge in [-0.05, 0) is 36.5 Å². The van der Waals surface area contributed by atoms with Gasteiger partial charge in [0.15, 0.2) is 0 Å². The van der Waals surface area contributed by atoms with Crippen molar-refractivity contribution in [1.82, 2.24) is 0 Å². The molecule has 12 heavy (non-hydrogen) atoms. The van der Waals surface area contributed by atoms with Crippen LogP contribution in [0.1, 0.15) is 27.7 Å². The Balaban J connectivity index is 2.20. The first-order chi connectivity index (χ1) is 5.63. The van der Waals surface area contributed by atoms with Crippen LogP contribution in [0.4, 0.5) is 0 Å². The first kappa shape index (κ1) is 8.55. The van der Waals surface area contributed by atoms with Gasteiger partial charge in [-0.2, -0.15) is 0 Å². The molecule has 0 bridgehead atoms. The molecule has 2 rings (SSSR count). The fourth-order valence-corrected chi connectivity index (χ4v) is 3.37. The van der Waals surface area contributed by atoms with Crippen LogP contribution in [0.2, 0.25) is 0 Å². The third kappa shape index (κ3) is 0.953. The minimum Gasteiger partial charge on any atom is -0.378 e. The van der Waals surface area contributed by atoms with Gasteiger partial charge in [0, 0.05) is 0 Å². The Bertz CT molecular complexity index is 178. The summed E-state index contributed by atoms with van der Waals surface area (Å²) in [6.45, 7) is 10.5. The lowest BCUT2D eigenvalue weighted by molar-refractivity contribution is 0.0768. The zero-order chi connectivity index (χ0) is 8.88. The topological polar surface area (TPSA) is 9.23 Å². The van der Waals surface area contributed by atoms with Crippen molar-refractivity contribution >= 4 is 0 Å². The maximum atomic E-state index is 5.71. The van der Waals surface area contributed by atoms with Gasteiger partial charge >= 0.3 is 0 Å². The summed E-state index contributed by atoms with van der Waals surface area (Å²) >= 11 is 0. The smallest absolute Gasteiger partial charge is 0.0581 e. The maximum absolute atomic E-state index is 5.71. The lowest BCUT2D eigenvalue weighted by atomic mass is 9.87. The van der Waals surface area contributed by atoms with Gasteiger partial charge in [-0.25, -0.2) is 0 Å². The molecule has 6 atom stereocenters. The van der Waals surface area contributed by atoms with Gasteiger partial charge in [-0.15, -0.1) is 0 Å². The molecular weight excluding hydrogens is 148 g/mol. The van der Waals surface area contributed by atoms with E-state index in [4.69, 9.17) is 4.74 Å². The summed E-state index contributed by atoms with van der Waals surface area (Å²) in [6.07, 6.45) is 0.511. The molecule has 0 aromatic carbocycles. The van der Waals surface area contributed by atoms with Crippen molar-refractivity contribution in [2.45, 2.75) is 33.8 Å². The minimum atomic E-state index is 0.511.